The van der Waals surface area contributed by atoms with Gasteiger partial charge in [0.2, 0.25) is 5.88 Å². The van der Waals surface area contributed by atoms with Crippen molar-refractivity contribution in [3.05, 3.63) is 59.4 Å². The van der Waals surface area contributed by atoms with E-state index in [4.69, 9.17) is 4.74 Å². The molecule has 0 radical (unpaired) electrons. The molecule has 4 rings (SSSR count). The normalized spacial score (nSPS) is 15.4. The van der Waals surface area contributed by atoms with Gasteiger partial charge in [-0.1, -0.05) is 0 Å². The first-order valence-electron chi connectivity index (χ1n) is 9.98. The van der Waals surface area contributed by atoms with Crippen molar-refractivity contribution in [1.82, 2.24) is 14.9 Å². The third-order valence-electron chi connectivity index (χ3n) is 5.40. The molecule has 1 aliphatic rings. The summed E-state index contributed by atoms with van der Waals surface area (Å²) in [6.45, 7) is 6.06. The van der Waals surface area contributed by atoms with Gasteiger partial charge in [0, 0.05) is 42.6 Å². The Labute approximate surface area is 170 Å². The number of benzene rings is 1. The molecule has 1 N–H and O–H groups in total. The SMILES string of the molecule is Cc1cc(C(=O)Nc2ccnc(OC3CCN(C)CC3)c2)c2nccc(C)c2c1. The number of fused-ring (bicyclic) bond motifs is 1. The first-order chi connectivity index (χ1) is 14.0. The molecule has 1 fully saturated rings. The molecule has 150 valence electrons. The van der Waals surface area contributed by atoms with E-state index in [0.717, 1.165) is 42.4 Å². The molecule has 0 aliphatic carbocycles. The number of hydrogen-bond donors (Lipinski definition) is 1. The summed E-state index contributed by atoms with van der Waals surface area (Å²) in [5.74, 6) is 0.355. The Morgan fingerprint density at radius 2 is 1.86 bits per heavy atom. The Hall–Kier alpha value is -2.99. The Morgan fingerprint density at radius 3 is 2.66 bits per heavy atom. The number of likely N-dealkylation sites (tertiary alicyclic amines) is 1. The van der Waals surface area contributed by atoms with Crippen molar-refractivity contribution in [2.75, 3.05) is 25.5 Å². The van der Waals surface area contributed by atoms with Gasteiger partial charge in [-0.2, -0.15) is 0 Å². The van der Waals surface area contributed by atoms with Crippen molar-refractivity contribution >= 4 is 22.5 Å². The van der Waals surface area contributed by atoms with Crippen LogP contribution in [-0.4, -0.2) is 47.0 Å². The molecular formula is C23H26N4O2. The van der Waals surface area contributed by atoms with Crippen LogP contribution in [0.25, 0.3) is 10.9 Å². The molecular weight excluding hydrogens is 364 g/mol. The first kappa shape index (κ1) is 19.3. The molecule has 6 nitrogen and oxygen atoms in total. The zero-order valence-corrected chi connectivity index (χ0v) is 17.1. The van der Waals surface area contributed by atoms with E-state index in [1.54, 1.807) is 24.5 Å². The van der Waals surface area contributed by atoms with Gasteiger partial charge in [-0.25, -0.2) is 4.98 Å². The van der Waals surface area contributed by atoms with E-state index in [2.05, 4.69) is 33.3 Å². The molecule has 0 unspecified atom stereocenters. The molecule has 29 heavy (non-hydrogen) atoms. The van der Waals surface area contributed by atoms with Crippen molar-refractivity contribution in [2.24, 2.45) is 0 Å². The largest absolute Gasteiger partial charge is 0.474 e. The minimum Gasteiger partial charge on any atom is -0.474 e. The molecule has 1 saturated heterocycles. The van der Waals surface area contributed by atoms with Gasteiger partial charge in [0.25, 0.3) is 5.91 Å². The lowest BCUT2D eigenvalue weighted by Crippen LogP contribution is -2.35. The Balaban J connectivity index is 1.53. The molecule has 1 aromatic carbocycles. The highest BCUT2D eigenvalue weighted by atomic mass is 16.5. The lowest BCUT2D eigenvalue weighted by atomic mass is 10.0. The number of carbonyl (C=O) groups excluding carboxylic acids is 1. The molecule has 3 aromatic rings. The van der Waals surface area contributed by atoms with Gasteiger partial charge in [0.15, 0.2) is 0 Å². The molecule has 3 heterocycles. The van der Waals surface area contributed by atoms with Gasteiger partial charge in [-0.15, -0.1) is 0 Å². The number of amides is 1. The highest BCUT2D eigenvalue weighted by Gasteiger charge is 2.19. The van der Waals surface area contributed by atoms with Gasteiger partial charge in [0.1, 0.15) is 6.10 Å². The summed E-state index contributed by atoms with van der Waals surface area (Å²) in [6, 6.07) is 9.46. The molecule has 0 saturated carbocycles. The summed E-state index contributed by atoms with van der Waals surface area (Å²) in [6.07, 6.45) is 5.53. The van der Waals surface area contributed by atoms with Gasteiger partial charge < -0.3 is 15.0 Å². The van der Waals surface area contributed by atoms with E-state index in [9.17, 15) is 4.79 Å². The summed E-state index contributed by atoms with van der Waals surface area (Å²) in [5, 5.41) is 3.97. The second kappa shape index (κ2) is 8.17. The molecule has 1 amide bonds. The average molecular weight is 390 g/mol. The molecule has 1 aliphatic heterocycles. The van der Waals surface area contributed by atoms with Crippen LogP contribution in [0.5, 0.6) is 5.88 Å². The minimum atomic E-state index is -0.187. The Bertz CT molecular complexity index is 1040. The van der Waals surface area contributed by atoms with Gasteiger partial charge >= 0.3 is 0 Å². The van der Waals surface area contributed by atoms with Crippen LogP contribution in [0.15, 0.2) is 42.7 Å². The first-order valence-corrected chi connectivity index (χ1v) is 9.98. The van der Waals surface area contributed by atoms with Crippen LogP contribution < -0.4 is 10.1 Å². The van der Waals surface area contributed by atoms with E-state index in [0.29, 0.717) is 22.6 Å². The standard InChI is InChI=1S/C23H26N4O2/c1-15-12-19-16(2)4-8-25-22(19)20(13-15)23(28)26-17-5-9-24-21(14-17)29-18-6-10-27(3)11-7-18/h4-5,8-9,12-14,18H,6-7,10-11H2,1-3H3,(H,24,26,28). The number of piperidine rings is 1. The van der Waals surface area contributed by atoms with Crippen molar-refractivity contribution < 1.29 is 9.53 Å². The second-order valence-corrected chi connectivity index (χ2v) is 7.79. The van der Waals surface area contributed by atoms with E-state index in [1.165, 1.54) is 0 Å². The number of ether oxygens (including phenoxy) is 1. The van der Waals surface area contributed by atoms with E-state index >= 15 is 0 Å². The number of aromatic nitrogens is 2. The number of aryl methyl sites for hydroxylation is 2. The molecule has 6 heteroatoms. The molecule has 2 aromatic heterocycles. The number of hydrogen-bond acceptors (Lipinski definition) is 5. The van der Waals surface area contributed by atoms with Gasteiger partial charge in [-0.05, 0) is 69.1 Å². The summed E-state index contributed by atoms with van der Waals surface area (Å²) in [4.78, 5) is 24.1. The van der Waals surface area contributed by atoms with E-state index < -0.39 is 0 Å². The number of pyridine rings is 2. The minimum absolute atomic E-state index is 0.164. The predicted molar refractivity (Wildman–Crippen MR) is 115 cm³/mol. The topological polar surface area (TPSA) is 67.3 Å². The van der Waals surface area contributed by atoms with Crippen molar-refractivity contribution in [3.63, 3.8) is 0 Å². The second-order valence-electron chi connectivity index (χ2n) is 7.79. The Morgan fingerprint density at radius 1 is 1.10 bits per heavy atom. The quantitative estimate of drug-likeness (QED) is 0.730. The number of nitrogens with one attached hydrogen (secondary N) is 1. The highest BCUT2D eigenvalue weighted by molar-refractivity contribution is 6.12. The van der Waals surface area contributed by atoms with Crippen LogP contribution in [0.4, 0.5) is 5.69 Å². The molecule has 0 spiro atoms. The maximum atomic E-state index is 13.0. The van der Waals surface area contributed by atoms with Gasteiger partial charge in [-0.3, -0.25) is 9.78 Å². The maximum absolute atomic E-state index is 13.0. The third-order valence-corrected chi connectivity index (χ3v) is 5.40. The van der Waals surface area contributed by atoms with Crippen LogP contribution in [0, 0.1) is 13.8 Å². The number of carbonyl (C=O) groups is 1. The number of rotatable bonds is 4. The predicted octanol–water partition coefficient (Wildman–Crippen LogP) is 3.97. The maximum Gasteiger partial charge on any atom is 0.257 e. The molecule has 0 atom stereocenters. The van der Waals surface area contributed by atoms with Crippen LogP contribution in [0.1, 0.15) is 34.3 Å². The van der Waals surface area contributed by atoms with Crippen molar-refractivity contribution in [1.29, 1.82) is 0 Å². The van der Waals surface area contributed by atoms with Crippen molar-refractivity contribution in [2.45, 2.75) is 32.8 Å². The summed E-state index contributed by atoms with van der Waals surface area (Å²) >= 11 is 0. The average Bonchev–Trinajstić information content (AvgIpc) is 2.70. The van der Waals surface area contributed by atoms with Gasteiger partial charge in [0.05, 0.1) is 11.1 Å². The summed E-state index contributed by atoms with van der Waals surface area (Å²) in [7, 11) is 2.12. The van der Waals surface area contributed by atoms with Crippen LogP contribution >= 0.6 is 0 Å². The van der Waals surface area contributed by atoms with E-state index in [-0.39, 0.29) is 12.0 Å². The fourth-order valence-corrected chi connectivity index (χ4v) is 3.73. The Kier molecular flexibility index (Phi) is 5.45. The lowest BCUT2D eigenvalue weighted by molar-refractivity contribution is 0.102. The summed E-state index contributed by atoms with van der Waals surface area (Å²) in [5.41, 5.74) is 4.07. The smallest absolute Gasteiger partial charge is 0.257 e. The summed E-state index contributed by atoms with van der Waals surface area (Å²) < 4.78 is 6.04. The number of anilines is 1. The highest BCUT2D eigenvalue weighted by Crippen LogP contribution is 2.24. The van der Waals surface area contributed by atoms with Crippen LogP contribution in [0.3, 0.4) is 0 Å². The van der Waals surface area contributed by atoms with E-state index in [1.807, 2.05) is 26.0 Å². The van der Waals surface area contributed by atoms with Crippen molar-refractivity contribution in [3.8, 4) is 5.88 Å². The fourth-order valence-electron chi connectivity index (χ4n) is 3.73. The lowest BCUT2D eigenvalue weighted by Gasteiger charge is -2.28. The number of nitrogens with zero attached hydrogens (tertiary/aromatic N) is 3. The fraction of sp³-hybridized carbons (Fsp3) is 0.348. The zero-order valence-electron chi connectivity index (χ0n) is 17.1. The molecule has 0 bridgehead atoms. The van der Waals surface area contributed by atoms with Crippen LogP contribution in [0.2, 0.25) is 0 Å². The zero-order chi connectivity index (χ0) is 20.4. The van der Waals surface area contributed by atoms with Crippen LogP contribution in [-0.2, 0) is 0 Å². The monoisotopic (exact) mass is 390 g/mol. The third kappa shape index (κ3) is 4.38.